The summed E-state index contributed by atoms with van der Waals surface area (Å²) in [6, 6.07) is 44.3. The monoisotopic (exact) mass is 688 g/mol. The molecule has 2 aromatic heterocycles. The third-order valence-corrected chi connectivity index (χ3v) is 14.2. The zero-order valence-corrected chi connectivity index (χ0v) is 29.5. The van der Waals surface area contributed by atoms with Crippen LogP contribution in [0.25, 0.3) is 45.6 Å². The second-order valence-electron chi connectivity index (χ2n) is 12.6. The molecule has 0 saturated heterocycles. The van der Waals surface area contributed by atoms with Gasteiger partial charge < -0.3 is 0 Å². The Morgan fingerprint density at radius 2 is 0.936 bits per heavy atom. The van der Waals surface area contributed by atoms with Crippen molar-refractivity contribution < 1.29 is 32.1 Å². The summed E-state index contributed by atoms with van der Waals surface area (Å²) in [6.07, 6.45) is 8.97. The Balaban J connectivity index is 1.27. The predicted octanol–water partition coefficient (Wildman–Crippen LogP) is 12.1. The maximum atomic E-state index is 6.59. The molecule has 2 heterocycles. The van der Waals surface area contributed by atoms with Crippen LogP contribution in [0.3, 0.4) is 0 Å². The van der Waals surface area contributed by atoms with Crippen LogP contribution in [0.15, 0.2) is 130 Å². The Kier molecular flexibility index (Phi) is 8.43. The van der Waals surface area contributed by atoms with E-state index in [1.165, 1.54) is 55.7 Å². The van der Waals surface area contributed by atoms with E-state index in [2.05, 4.69) is 147 Å². The molecule has 0 bridgehead atoms. The molecule has 4 aromatic carbocycles. The van der Waals surface area contributed by atoms with Gasteiger partial charge in [-0.15, -0.1) is 0 Å². The Labute approximate surface area is 289 Å². The van der Waals surface area contributed by atoms with Crippen molar-refractivity contribution in [3.8, 4) is 22.3 Å². The predicted molar refractivity (Wildman–Crippen MR) is 190 cm³/mol. The van der Waals surface area contributed by atoms with E-state index in [4.69, 9.17) is 8.83 Å². The van der Waals surface area contributed by atoms with Gasteiger partial charge >= 0.3 is 291 Å². The summed E-state index contributed by atoms with van der Waals surface area (Å²) >= 11 is -1.29. The molecular weight excluding hydrogens is 652 g/mol. The van der Waals surface area contributed by atoms with Gasteiger partial charge in [0.05, 0.1) is 0 Å². The third kappa shape index (κ3) is 5.70. The molecule has 47 heavy (non-hydrogen) atoms. The van der Waals surface area contributed by atoms with Crippen molar-refractivity contribution in [1.29, 1.82) is 0 Å². The van der Waals surface area contributed by atoms with E-state index < -0.39 is 23.2 Å². The van der Waals surface area contributed by atoms with E-state index in [1.807, 2.05) is 0 Å². The van der Waals surface area contributed by atoms with Crippen LogP contribution in [0, 0.1) is 0 Å². The number of hydrogen-bond acceptors (Lipinski definition) is 2. The van der Waals surface area contributed by atoms with Crippen molar-refractivity contribution in [1.82, 2.24) is 0 Å². The summed E-state index contributed by atoms with van der Waals surface area (Å²) in [5, 5.41) is 0. The van der Waals surface area contributed by atoms with Gasteiger partial charge in [0.1, 0.15) is 0 Å². The summed E-state index contributed by atoms with van der Waals surface area (Å²) in [4.78, 5) is 0. The molecule has 0 spiro atoms. The van der Waals surface area contributed by atoms with Crippen LogP contribution >= 0.6 is 0 Å². The first-order valence-electron chi connectivity index (χ1n) is 17.0. The minimum atomic E-state index is -1.29. The molecule has 6 aromatic rings. The van der Waals surface area contributed by atoms with Crippen LogP contribution in [0.1, 0.15) is 79.2 Å². The summed E-state index contributed by atoms with van der Waals surface area (Å²) in [7, 11) is 0. The first-order valence-corrected chi connectivity index (χ1v) is 19.8. The second kappa shape index (κ2) is 13.1. The summed E-state index contributed by atoms with van der Waals surface area (Å²) in [5.74, 6) is 4.20. The summed E-state index contributed by atoms with van der Waals surface area (Å²) < 4.78 is 13.9. The molecule has 0 amide bonds. The van der Waals surface area contributed by atoms with Gasteiger partial charge in [0.25, 0.3) is 0 Å². The first-order chi connectivity index (χ1) is 23.2. The average molecular weight is 690 g/mol. The quantitative estimate of drug-likeness (QED) is 0.143. The zero-order chi connectivity index (χ0) is 31.7. The van der Waals surface area contributed by atoms with Gasteiger partial charge in [-0.25, -0.2) is 0 Å². The van der Waals surface area contributed by atoms with Gasteiger partial charge in [0.2, 0.25) is 0 Å². The van der Waals surface area contributed by atoms with E-state index in [9.17, 15) is 0 Å². The third-order valence-electron chi connectivity index (χ3n) is 9.51. The fourth-order valence-corrected chi connectivity index (χ4v) is 12.3. The molecule has 0 radical (unpaired) electrons. The number of rotatable bonds is 10. The van der Waals surface area contributed by atoms with Crippen LogP contribution in [0.5, 0.6) is 0 Å². The van der Waals surface area contributed by atoms with E-state index in [-0.39, 0.29) is 0 Å². The van der Waals surface area contributed by atoms with E-state index in [0.29, 0.717) is 7.25 Å². The van der Waals surface area contributed by atoms with Gasteiger partial charge in [-0.1, -0.05) is 0 Å². The Morgan fingerprint density at radius 3 is 1.36 bits per heavy atom. The SMILES string of the molecule is CCCc1ccc(C2=Cc3c(-c4ccccc4)cccc3[CH]2[Zr][CH]2C(c3ccc(CCC)o3)=Cc3c(-c4ccccc4)cccc32)o1. The fraction of sp³-hybridized carbons (Fsp3) is 0.182. The van der Waals surface area contributed by atoms with Crippen LogP contribution < -0.4 is 0 Å². The van der Waals surface area contributed by atoms with Crippen molar-refractivity contribution in [2.24, 2.45) is 0 Å². The number of hydrogen-bond donors (Lipinski definition) is 0. The molecule has 2 atom stereocenters. The first kappa shape index (κ1) is 30.2. The number of furan rings is 2. The van der Waals surface area contributed by atoms with E-state index >= 15 is 0 Å². The fourth-order valence-electron chi connectivity index (χ4n) is 7.32. The minimum absolute atomic E-state index is 0.336. The van der Waals surface area contributed by atoms with Gasteiger partial charge in [-0.3, -0.25) is 0 Å². The molecule has 2 aliphatic carbocycles. The number of fused-ring (bicyclic) bond motifs is 2. The van der Waals surface area contributed by atoms with Crippen LogP contribution in [0.2, 0.25) is 0 Å². The average Bonchev–Trinajstić information content (AvgIpc) is 3.92. The van der Waals surface area contributed by atoms with Crippen molar-refractivity contribution in [2.75, 3.05) is 0 Å². The molecule has 2 aliphatic rings. The maximum absolute atomic E-state index is 6.59. The summed E-state index contributed by atoms with van der Waals surface area (Å²) in [5.41, 5.74) is 13.4. The molecule has 0 N–H and O–H groups in total. The summed E-state index contributed by atoms with van der Waals surface area (Å²) in [6.45, 7) is 4.43. The number of benzene rings is 4. The normalized spacial score (nSPS) is 16.5. The molecular formula is C44H38O2Zr. The van der Waals surface area contributed by atoms with Crippen molar-refractivity contribution in [3.63, 3.8) is 0 Å². The molecule has 3 heteroatoms. The van der Waals surface area contributed by atoms with E-state index in [0.717, 1.165) is 48.7 Å². The van der Waals surface area contributed by atoms with Gasteiger partial charge in [-0.2, -0.15) is 0 Å². The molecule has 0 saturated carbocycles. The van der Waals surface area contributed by atoms with Crippen molar-refractivity contribution >= 4 is 23.3 Å². The van der Waals surface area contributed by atoms with Crippen molar-refractivity contribution in [2.45, 2.75) is 46.8 Å². The van der Waals surface area contributed by atoms with Crippen LogP contribution in [-0.2, 0) is 36.1 Å². The topological polar surface area (TPSA) is 26.3 Å². The number of aryl methyl sites for hydroxylation is 2. The van der Waals surface area contributed by atoms with Crippen LogP contribution in [0.4, 0.5) is 0 Å². The second-order valence-corrected chi connectivity index (χ2v) is 16.3. The Morgan fingerprint density at radius 1 is 0.489 bits per heavy atom. The molecule has 2 nitrogen and oxygen atoms in total. The van der Waals surface area contributed by atoms with Gasteiger partial charge in [-0.05, 0) is 0 Å². The van der Waals surface area contributed by atoms with Gasteiger partial charge in [0, 0.05) is 0 Å². The molecule has 0 aliphatic heterocycles. The molecule has 0 fully saturated rings. The number of allylic oxidation sites excluding steroid dienone is 2. The van der Waals surface area contributed by atoms with Crippen molar-refractivity contribution in [3.05, 3.63) is 167 Å². The Bertz CT molecular complexity index is 1940. The molecule has 230 valence electrons. The zero-order valence-electron chi connectivity index (χ0n) is 27.0. The standard InChI is InChI=1S/2C22H19O.Zr/c2*1-2-7-19-12-13-22(23-19)18-14-17-10-6-11-20(21(17)15-18)16-8-4-3-5-9-16;/h2*3-6,8-15H,2,7H2,1H3;. The molecule has 2 unspecified atom stereocenters. The van der Waals surface area contributed by atoms with Crippen LogP contribution in [-0.4, -0.2) is 0 Å². The molecule has 8 rings (SSSR count). The Hall–Kier alpha value is -4.20. The van der Waals surface area contributed by atoms with Gasteiger partial charge in [0.15, 0.2) is 0 Å². The van der Waals surface area contributed by atoms with E-state index in [1.54, 1.807) is 0 Å².